The van der Waals surface area contributed by atoms with Crippen LogP contribution in [0.25, 0.3) is 0 Å². The highest BCUT2D eigenvalue weighted by Crippen LogP contribution is 2.08. The van der Waals surface area contributed by atoms with Crippen LogP contribution in [0.1, 0.15) is 24.6 Å². The summed E-state index contributed by atoms with van der Waals surface area (Å²) >= 11 is 1.81. The van der Waals surface area contributed by atoms with Gasteiger partial charge >= 0.3 is 0 Å². The van der Waals surface area contributed by atoms with E-state index in [-0.39, 0.29) is 6.61 Å². The van der Waals surface area contributed by atoms with E-state index in [1.54, 1.807) is 11.8 Å². The predicted molar refractivity (Wildman–Crippen MR) is 73.3 cm³/mol. The number of nitrogens with one attached hydrogen (secondary N) is 1. The monoisotopic (exact) mass is 257 g/mol. The highest BCUT2D eigenvalue weighted by molar-refractivity contribution is 7.98. The molecule has 0 aromatic carbocycles. The average Bonchev–Trinajstić information content (AvgIpc) is 2.67. The smallest absolute Gasteiger partial charge is 0.0666 e. The largest absolute Gasteiger partial charge is 0.396 e. The molecule has 0 aliphatic rings. The third kappa shape index (κ3) is 4.69. The van der Waals surface area contributed by atoms with E-state index >= 15 is 0 Å². The number of thioether (sulfide) groups is 1. The normalized spacial score (nSPS) is 12.9. The molecule has 1 aromatic heterocycles. The van der Waals surface area contributed by atoms with Crippen molar-refractivity contribution in [3.63, 3.8) is 0 Å². The van der Waals surface area contributed by atoms with Crippen LogP contribution >= 0.6 is 11.8 Å². The van der Waals surface area contributed by atoms with Crippen LogP contribution in [-0.4, -0.2) is 39.5 Å². The van der Waals surface area contributed by atoms with E-state index in [0.29, 0.717) is 6.04 Å². The van der Waals surface area contributed by atoms with Gasteiger partial charge in [0.25, 0.3) is 0 Å². The van der Waals surface area contributed by atoms with Crippen LogP contribution in [0.4, 0.5) is 0 Å². The molecule has 0 spiro atoms. The second-order valence-corrected chi connectivity index (χ2v) is 5.08. The summed E-state index contributed by atoms with van der Waals surface area (Å²) in [6, 6.07) is 0.375. The van der Waals surface area contributed by atoms with Gasteiger partial charge in [-0.25, -0.2) is 0 Å². The van der Waals surface area contributed by atoms with Crippen molar-refractivity contribution >= 4 is 11.8 Å². The summed E-state index contributed by atoms with van der Waals surface area (Å²) in [5.41, 5.74) is 2.42. The van der Waals surface area contributed by atoms with Crippen molar-refractivity contribution in [1.82, 2.24) is 15.1 Å². The molecular weight excluding hydrogens is 234 g/mol. The lowest BCUT2D eigenvalue weighted by atomic mass is 10.2. The third-order valence-corrected chi connectivity index (χ3v) is 3.49. The fourth-order valence-corrected chi connectivity index (χ4v) is 2.57. The Balaban J connectivity index is 2.51. The molecule has 0 saturated heterocycles. The van der Waals surface area contributed by atoms with Crippen molar-refractivity contribution in [2.75, 3.05) is 18.6 Å². The molecule has 98 valence electrons. The Hall–Kier alpha value is -0.520. The molecule has 1 aromatic rings. The Kier molecular flexibility index (Phi) is 6.62. The fraction of sp³-hybridized carbons (Fsp3) is 0.750. The van der Waals surface area contributed by atoms with Gasteiger partial charge in [-0.15, -0.1) is 0 Å². The van der Waals surface area contributed by atoms with Crippen LogP contribution in [0.5, 0.6) is 0 Å². The molecule has 0 saturated carbocycles. The molecule has 4 nitrogen and oxygen atoms in total. The van der Waals surface area contributed by atoms with E-state index in [0.717, 1.165) is 30.8 Å². The highest BCUT2D eigenvalue weighted by atomic mass is 32.2. The van der Waals surface area contributed by atoms with Gasteiger partial charge in [0.1, 0.15) is 0 Å². The molecule has 0 amide bonds. The van der Waals surface area contributed by atoms with Gasteiger partial charge in [-0.1, -0.05) is 6.92 Å². The number of rotatable bonds is 8. The highest BCUT2D eigenvalue weighted by Gasteiger charge is 2.10. The molecule has 5 heteroatoms. The van der Waals surface area contributed by atoms with Gasteiger partial charge < -0.3 is 10.4 Å². The number of hydrogen-bond acceptors (Lipinski definition) is 4. The summed E-state index contributed by atoms with van der Waals surface area (Å²) in [4.78, 5) is 0. The third-order valence-electron chi connectivity index (χ3n) is 2.75. The second-order valence-electron chi connectivity index (χ2n) is 4.17. The number of aliphatic hydroxyl groups excluding tert-OH is 1. The van der Waals surface area contributed by atoms with Gasteiger partial charge in [0.2, 0.25) is 0 Å². The summed E-state index contributed by atoms with van der Waals surface area (Å²) in [5, 5.41) is 16.9. The number of aromatic nitrogens is 2. The number of hydrogen-bond donors (Lipinski definition) is 2. The van der Waals surface area contributed by atoms with Crippen LogP contribution in [0.3, 0.4) is 0 Å². The topological polar surface area (TPSA) is 50.1 Å². The van der Waals surface area contributed by atoms with Gasteiger partial charge in [0.05, 0.1) is 5.69 Å². The Bertz CT molecular complexity index is 322. The van der Waals surface area contributed by atoms with Gasteiger partial charge in [-0.05, 0) is 19.1 Å². The van der Waals surface area contributed by atoms with E-state index in [4.69, 9.17) is 5.11 Å². The van der Waals surface area contributed by atoms with Crippen LogP contribution < -0.4 is 5.32 Å². The minimum Gasteiger partial charge on any atom is -0.396 e. The van der Waals surface area contributed by atoms with Crippen LogP contribution in [0.15, 0.2) is 6.20 Å². The summed E-state index contributed by atoms with van der Waals surface area (Å²) in [6.07, 6.45) is 5.93. The van der Waals surface area contributed by atoms with E-state index < -0.39 is 0 Å². The zero-order valence-corrected chi connectivity index (χ0v) is 11.8. The standard InChI is InChI=1S/C12H23N3OS/c1-4-12-10(8-15(2)14-12)7-13-11(5-6-16)9-17-3/h8,11,13,16H,4-7,9H2,1-3H3. The summed E-state index contributed by atoms with van der Waals surface area (Å²) < 4.78 is 1.87. The van der Waals surface area contributed by atoms with Gasteiger partial charge in [-0.3, -0.25) is 4.68 Å². The van der Waals surface area contributed by atoms with Crippen molar-refractivity contribution in [2.45, 2.75) is 32.4 Å². The van der Waals surface area contributed by atoms with Crippen LogP contribution in [-0.2, 0) is 20.0 Å². The van der Waals surface area contributed by atoms with E-state index in [9.17, 15) is 0 Å². The lowest BCUT2D eigenvalue weighted by molar-refractivity contribution is 0.269. The minimum atomic E-state index is 0.242. The molecule has 0 radical (unpaired) electrons. The molecule has 17 heavy (non-hydrogen) atoms. The first-order valence-corrected chi connectivity index (χ1v) is 7.45. The summed E-state index contributed by atoms with van der Waals surface area (Å²) in [5.74, 6) is 1.03. The second kappa shape index (κ2) is 7.74. The molecular formula is C12H23N3OS. The Morgan fingerprint density at radius 3 is 2.94 bits per heavy atom. The molecule has 0 aliphatic carbocycles. The first-order valence-electron chi connectivity index (χ1n) is 6.05. The maximum absolute atomic E-state index is 9.00. The summed E-state index contributed by atoms with van der Waals surface area (Å²) in [6.45, 7) is 3.20. The zero-order chi connectivity index (χ0) is 12.7. The number of nitrogens with zero attached hydrogens (tertiary/aromatic N) is 2. The van der Waals surface area contributed by atoms with Crippen LogP contribution in [0, 0.1) is 0 Å². The van der Waals surface area contributed by atoms with Gasteiger partial charge in [0.15, 0.2) is 0 Å². The van der Waals surface area contributed by atoms with E-state index in [1.165, 1.54) is 5.56 Å². The van der Waals surface area contributed by atoms with E-state index in [1.807, 2.05) is 11.7 Å². The van der Waals surface area contributed by atoms with Crippen molar-refractivity contribution in [2.24, 2.45) is 7.05 Å². The van der Waals surface area contributed by atoms with Crippen molar-refractivity contribution in [3.05, 3.63) is 17.5 Å². The minimum absolute atomic E-state index is 0.242. The maximum atomic E-state index is 9.00. The molecule has 1 unspecified atom stereocenters. The molecule has 1 heterocycles. The summed E-state index contributed by atoms with van der Waals surface area (Å²) in [7, 11) is 1.95. The quantitative estimate of drug-likeness (QED) is 0.734. The fourth-order valence-electron chi connectivity index (χ4n) is 1.88. The Morgan fingerprint density at radius 2 is 2.35 bits per heavy atom. The lowest BCUT2D eigenvalue weighted by Gasteiger charge is -2.16. The molecule has 0 fully saturated rings. The predicted octanol–water partition coefficient (Wildman–Crippen LogP) is 1.19. The number of aryl methyl sites for hydroxylation is 2. The van der Waals surface area contributed by atoms with Gasteiger partial charge in [-0.2, -0.15) is 16.9 Å². The SMILES string of the molecule is CCc1nn(C)cc1CNC(CCO)CSC. The molecule has 2 N–H and O–H groups in total. The lowest BCUT2D eigenvalue weighted by Crippen LogP contribution is -2.32. The Morgan fingerprint density at radius 1 is 1.59 bits per heavy atom. The van der Waals surface area contributed by atoms with Crippen molar-refractivity contribution in [3.8, 4) is 0 Å². The van der Waals surface area contributed by atoms with Crippen molar-refractivity contribution < 1.29 is 5.11 Å². The Labute approximate surface area is 108 Å². The first kappa shape index (κ1) is 14.5. The zero-order valence-electron chi connectivity index (χ0n) is 10.9. The van der Waals surface area contributed by atoms with Crippen molar-refractivity contribution in [1.29, 1.82) is 0 Å². The van der Waals surface area contributed by atoms with Crippen LogP contribution in [0.2, 0.25) is 0 Å². The average molecular weight is 257 g/mol. The maximum Gasteiger partial charge on any atom is 0.0666 e. The molecule has 1 rings (SSSR count). The number of aliphatic hydroxyl groups is 1. The molecule has 0 bridgehead atoms. The molecule has 1 atom stereocenters. The van der Waals surface area contributed by atoms with E-state index in [2.05, 4.69) is 29.8 Å². The first-order chi connectivity index (χ1) is 8.21. The van der Waals surface area contributed by atoms with Gasteiger partial charge in [0, 0.05) is 43.8 Å². The molecule has 0 aliphatic heterocycles.